The van der Waals surface area contributed by atoms with Crippen LogP contribution in [0.2, 0.25) is 0 Å². The van der Waals surface area contributed by atoms with Crippen LogP contribution in [0.15, 0.2) is 58.1 Å². The molecule has 0 aliphatic carbocycles. The number of furan rings is 1. The van der Waals surface area contributed by atoms with Gasteiger partial charge in [-0.1, -0.05) is 24.3 Å². The molecule has 0 aromatic carbocycles. The summed E-state index contributed by atoms with van der Waals surface area (Å²) in [6, 6.07) is 3.76. The first kappa shape index (κ1) is 24.2. The van der Waals surface area contributed by atoms with Crippen LogP contribution >= 0.6 is 0 Å². The number of nitrogens with zero attached hydrogens (tertiary/aromatic N) is 3. The molecule has 3 aromatic rings. The average molecular weight is 475 g/mol. The molecule has 3 aromatic heterocycles. The molecule has 4 heterocycles. The van der Waals surface area contributed by atoms with E-state index in [1.54, 1.807) is 30.5 Å². The van der Waals surface area contributed by atoms with E-state index in [4.69, 9.17) is 9.15 Å². The van der Waals surface area contributed by atoms with E-state index in [2.05, 4.69) is 9.97 Å². The maximum Gasteiger partial charge on any atom is 0.273 e. The van der Waals surface area contributed by atoms with Gasteiger partial charge in [-0.3, -0.25) is 9.59 Å². The van der Waals surface area contributed by atoms with Gasteiger partial charge in [0.2, 0.25) is 5.91 Å². The normalized spacial score (nSPS) is 14.7. The minimum Gasteiger partial charge on any atom is -0.467 e. The second-order valence-corrected chi connectivity index (χ2v) is 8.44. The van der Waals surface area contributed by atoms with Crippen LogP contribution in [0.25, 0.3) is 23.2 Å². The van der Waals surface area contributed by atoms with E-state index in [0.29, 0.717) is 44.2 Å². The van der Waals surface area contributed by atoms with Crippen molar-refractivity contribution in [1.29, 1.82) is 0 Å². The Hall–Kier alpha value is -3.91. The molecule has 0 saturated carbocycles. The number of anilines is 1. The third-order valence-electron chi connectivity index (χ3n) is 5.98. The van der Waals surface area contributed by atoms with Crippen molar-refractivity contribution in [3.05, 3.63) is 81.7 Å². The topological polar surface area (TPSA) is 91.7 Å². The predicted molar refractivity (Wildman–Crippen MR) is 138 cm³/mol. The molecular formula is C27H30N4O4. The first-order chi connectivity index (χ1) is 17.0. The number of carbonyl (C=O) groups excluding carboxylic acids is 1. The lowest BCUT2D eigenvalue weighted by Crippen LogP contribution is -2.39. The van der Waals surface area contributed by atoms with Crippen molar-refractivity contribution < 1.29 is 13.9 Å². The number of hydrogen-bond acceptors (Lipinski definition) is 6. The van der Waals surface area contributed by atoms with Gasteiger partial charge in [0.25, 0.3) is 5.56 Å². The van der Waals surface area contributed by atoms with E-state index in [0.717, 1.165) is 27.8 Å². The summed E-state index contributed by atoms with van der Waals surface area (Å²) < 4.78 is 11.1. The van der Waals surface area contributed by atoms with Crippen molar-refractivity contribution in [2.45, 2.75) is 20.4 Å². The number of nitrogens with one attached hydrogen (secondary N) is 1. The van der Waals surface area contributed by atoms with Gasteiger partial charge in [-0.15, -0.1) is 0 Å². The fourth-order valence-corrected chi connectivity index (χ4v) is 3.88. The number of aromatic nitrogens is 2. The maximum absolute atomic E-state index is 12.7. The molecule has 1 aliphatic rings. The van der Waals surface area contributed by atoms with Gasteiger partial charge in [-0.25, -0.2) is 4.98 Å². The fraction of sp³-hybridized carbons (Fsp3) is 0.296. The number of aromatic amines is 1. The zero-order chi connectivity index (χ0) is 24.8. The monoisotopic (exact) mass is 474 g/mol. The number of hydrogen-bond donors (Lipinski definition) is 1. The van der Waals surface area contributed by atoms with Crippen molar-refractivity contribution in [3.8, 4) is 0 Å². The highest BCUT2D eigenvalue weighted by Gasteiger charge is 2.16. The van der Waals surface area contributed by atoms with Crippen molar-refractivity contribution in [3.63, 3.8) is 0 Å². The lowest BCUT2D eigenvalue weighted by molar-refractivity contribution is -0.125. The molecule has 1 saturated heterocycles. The third kappa shape index (κ3) is 5.78. The van der Waals surface area contributed by atoms with Gasteiger partial charge in [-0.05, 0) is 43.2 Å². The van der Waals surface area contributed by atoms with Crippen LogP contribution in [0, 0.1) is 6.92 Å². The second-order valence-electron chi connectivity index (χ2n) is 8.44. The average Bonchev–Trinajstić information content (AvgIpc) is 3.21. The number of rotatable bonds is 7. The molecule has 1 amide bonds. The summed E-state index contributed by atoms with van der Waals surface area (Å²) in [5.41, 5.74) is 3.73. The van der Waals surface area contributed by atoms with Gasteiger partial charge in [0, 0.05) is 43.4 Å². The number of H-pyrrole nitrogens is 1. The highest BCUT2D eigenvalue weighted by Crippen LogP contribution is 2.20. The molecule has 182 valence electrons. The summed E-state index contributed by atoms with van der Waals surface area (Å²) in [5, 5.41) is 0.804. The largest absolute Gasteiger partial charge is 0.467 e. The summed E-state index contributed by atoms with van der Waals surface area (Å²) >= 11 is 0. The van der Waals surface area contributed by atoms with Crippen LogP contribution in [-0.4, -0.2) is 54.1 Å². The lowest BCUT2D eigenvalue weighted by Gasteiger charge is -2.28. The molecule has 1 N–H and O–H groups in total. The molecule has 1 aliphatic heterocycles. The number of fused-ring (bicyclic) bond motifs is 1. The Morgan fingerprint density at radius 3 is 2.80 bits per heavy atom. The van der Waals surface area contributed by atoms with Gasteiger partial charge in [0.1, 0.15) is 17.1 Å². The molecule has 8 nitrogen and oxygen atoms in total. The lowest BCUT2D eigenvalue weighted by atomic mass is 10.1. The van der Waals surface area contributed by atoms with E-state index in [1.165, 1.54) is 6.08 Å². The molecule has 0 spiro atoms. The molecule has 35 heavy (non-hydrogen) atoms. The van der Waals surface area contributed by atoms with Crippen molar-refractivity contribution in [2.75, 3.05) is 38.3 Å². The van der Waals surface area contributed by atoms with Crippen molar-refractivity contribution in [1.82, 2.24) is 14.9 Å². The summed E-state index contributed by atoms with van der Waals surface area (Å²) in [5.74, 6) is 0.601. The molecule has 1 fully saturated rings. The van der Waals surface area contributed by atoms with Gasteiger partial charge in [0.15, 0.2) is 0 Å². The quantitative estimate of drug-likeness (QED) is 0.412. The number of ether oxygens (including phenoxy) is 1. The summed E-state index contributed by atoms with van der Waals surface area (Å²) in [6.07, 6.45) is 14.4. The molecule has 0 unspecified atom stereocenters. The maximum atomic E-state index is 12.7. The first-order valence-corrected chi connectivity index (χ1v) is 11.6. The fourth-order valence-electron chi connectivity index (χ4n) is 3.88. The number of amides is 1. The van der Waals surface area contributed by atoms with E-state index < -0.39 is 0 Å². The van der Waals surface area contributed by atoms with Crippen molar-refractivity contribution in [2.24, 2.45) is 0 Å². The zero-order valence-corrected chi connectivity index (χ0v) is 20.3. The Labute approximate surface area is 204 Å². The number of morpholine rings is 1. The highest BCUT2D eigenvalue weighted by molar-refractivity contribution is 5.92. The van der Waals surface area contributed by atoms with Crippen LogP contribution in [0.3, 0.4) is 0 Å². The number of allylic oxidation sites excluding steroid dienone is 3. The first-order valence-electron chi connectivity index (χ1n) is 11.6. The molecule has 0 bridgehead atoms. The Morgan fingerprint density at radius 2 is 2.03 bits per heavy atom. The zero-order valence-electron chi connectivity index (χ0n) is 20.3. The highest BCUT2D eigenvalue weighted by atomic mass is 16.5. The molecule has 0 radical (unpaired) electrons. The molecule has 4 rings (SSSR count). The molecular weight excluding hydrogens is 444 g/mol. The summed E-state index contributed by atoms with van der Waals surface area (Å²) in [7, 11) is 1.74. The third-order valence-corrected chi connectivity index (χ3v) is 5.98. The number of pyridine rings is 2. The summed E-state index contributed by atoms with van der Waals surface area (Å²) in [6.45, 7) is 6.85. The number of carbonyl (C=O) groups is 1. The standard InChI is InChI=1S/C27H30N4O4/c1-4-5-6-7-21-18-35-24(19(21)2)17-30(3)25(32)9-8-20-14-22-15-23(31-10-12-34-13-11-31)27(33)29-26(22)28-16-20/h4-9,14-16,18H,10-13,17H2,1-3H3,(H,28,29,33)/b5-4-,7-6-,9-8+. The van der Waals surface area contributed by atoms with Gasteiger partial charge in [0.05, 0.1) is 26.0 Å². The second kappa shape index (κ2) is 11.0. The van der Waals surface area contributed by atoms with Crippen LogP contribution in [0.5, 0.6) is 0 Å². The Kier molecular flexibility index (Phi) is 7.62. The van der Waals surface area contributed by atoms with Crippen LogP contribution < -0.4 is 10.5 Å². The predicted octanol–water partition coefficient (Wildman–Crippen LogP) is 3.92. The van der Waals surface area contributed by atoms with Crippen LogP contribution in [0.4, 0.5) is 5.69 Å². The Morgan fingerprint density at radius 1 is 1.23 bits per heavy atom. The van der Waals surface area contributed by atoms with E-state index in [-0.39, 0.29) is 11.5 Å². The minimum atomic E-state index is -0.166. The Bertz CT molecular complexity index is 1340. The minimum absolute atomic E-state index is 0.151. The summed E-state index contributed by atoms with van der Waals surface area (Å²) in [4.78, 5) is 36.0. The SMILES string of the molecule is C/C=C\C=C/c1coc(CN(C)C(=O)/C=C/c2cnc3[nH]c(=O)c(N4CCOCC4)cc3c2)c1C. The number of likely N-dealkylation sites (N-methyl/N-ethyl adjacent to an activating group) is 1. The van der Waals surface area contributed by atoms with Gasteiger partial charge < -0.3 is 23.9 Å². The van der Waals surface area contributed by atoms with Gasteiger partial charge >= 0.3 is 0 Å². The molecule has 8 heteroatoms. The van der Waals surface area contributed by atoms with Crippen LogP contribution in [0.1, 0.15) is 29.4 Å². The smallest absolute Gasteiger partial charge is 0.273 e. The van der Waals surface area contributed by atoms with E-state index in [9.17, 15) is 9.59 Å². The Balaban J connectivity index is 1.46. The van der Waals surface area contributed by atoms with E-state index >= 15 is 0 Å². The van der Waals surface area contributed by atoms with Crippen molar-refractivity contribution >= 4 is 34.8 Å². The van der Waals surface area contributed by atoms with E-state index in [1.807, 2.05) is 55.2 Å². The molecule has 0 atom stereocenters. The van der Waals surface area contributed by atoms with Crippen LogP contribution in [-0.2, 0) is 16.1 Å². The van der Waals surface area contributed by atoms with Gasteiger partial charge in [-0.2, -0.15) is 0 Å².